The van der Waals surface area contributed by atoms with Crippen molar-refractivity contribution in [3.8, 4) is 0 Å². The second-order valence-corrected chi connectivity index (χ2v) is 10.5. The molecule has 3 N–H and O–H groups in total. The van der Waals surface area contributed by atoms with Gasteiger partial charge in [-0.15, -0.1) is 0 Å². The average Bonchev–Trinajstić information content (AvgIpc) is 3.04. The van der Waals surface area contributed by atoms with Crippen LogP contribution in [0.3, 0.4) is 0 Å². The standard InChI is InChI=1S/C27H42O3/c1-17(20(4)28)8-9-18(2)24-12-13-25-21(7-6-14-27(24,25)5)10-11-22-15-23(29)16-26(30)19(22)3/h8-11,17-18,20,23-26,28-30H,3,6-7,12-16H2,1-2,4-5H3/b9-8+,21-10+,22-11-/t17-,18+,20+,23+,24+,25-,26-,27+/m0/s1. The van der Waals surface area contributed by atoms with Crippen molar-refractivity contribution < 1.29 is 15.3 Å². The zero-order valence-electron chi connectivity index (χ0n) is 19.3. The maximum atomic E-state index is 10.1. The van der Waals surface area contributed by atoms with Crippen LogP contribution in [0.25, 0.3) is 0 Å². The predicted molar refractivity (Wildman–Crippen MR) is 124 cm³/mol. The fraction of sp³-hybridized carbons (Fsp3) is 0.704. The first-order chi connectivity index (χ1) is 14.1. The Hall–Kier alpha value is -1.16. The van der Waals surface area contributed by atoms with E-state index in [9.17, 15) is 15.3 Å². The summed E-state index contributed by atoms with van der Waals surface area (Å²) < 4.78 is 0. The molecule has 0 saturated heterocycles. The van der Waals surface area contributed by atoms with Crippen LogP contribution in [0.15, 0.2) is 47.6 Å². The zero-order chi connectivity index (χ0) is 22.1. The van der Waals surface area contributed by atoms with Gasteiger partial charge in [0.1, 0.15) is 0 Å². The van der Waals surface area contributed by atoms with E-state index in [1.54, 1.807) is 0 Å². The SMILES string of the molecule is C=C1/C(=C\C=C2/CCC[C@]3(C)[C@@H]([C@H](C)/C=C/[C@H](C)[C@@H](C)O)CC[C@@H]23)C[C@@H](O)C[C@@H]1O. The summed E-state index contributed by atoms with van der Waals surface area (Å²) in [4.78, 5) is 0. The Morgan fingerprint density at radius 2 is 1.83 bits per heavy atom. The number of allylic oxidation sites excluding steroid dienone is 4. The van der Waals surface area contributed by atoms with Crippen LogP contribution >= 0.6 is 0 Å². The highest BCUT2D eigenvalue weighted by Gasteiger charge is 2.50. The predicted octanol–water partition coefficient (Wildman–Crippen LogP) is 5.34. The highest BCUT2D eigenvalue weighted by atomic mass is 16.3. The van der Waals surface area contributed by atoms with Crippen molar-refractivity contribution in [1.82, 2.24) is 0 Å². The van der Waals surface area contributed by atoms with Gasteiger partial charge in [-0.25, -0.2) is 0 Å². The van der Waals surface area contributed by atoms with E-state index in [4.69, 9.17) is 0 Å². The zero-order valence-corrected chi connectivity index (χ0v) is 19.3. The van der Waals surface area contributed by atoms with Gasteiger partial charge >= 0.3 is 0 Å². The van der Waals surface area contributed by atoms with E-state index in [0.29, 0.717) is 36.0 Å². The molecule has 168 valence electrons. The van der Waals surface area contributed by atoms with Gasteiger partial charge in [0, 0.05) is 6.42 Å². The van der Waals surface area contributed by atoms with Crippen molar-refractivity contribution in [3.63, 3.8) is 0 Å². The minimum Gasteiger partial charge on any atom is -0.393 e. The molecule has 30 heavy (non-hydrogen) atoms. The van der Waals surface area contributed by atoms with E-state index in [1.807, 2.05) is 6.92 Å². The van der Waals surface area contributed by atoms with Crippen LogP contribution in [0.4, 0.5) is 0 Å². The molecule has 3 nitrogen and oxygen atoms in total. The molecule has 3 fully saturated rings. The number of fused-ring (bicyclic) bond motifs is 1. The fourth-order valence-corrected chi connectivity index (χ4v) is 6.25. The molecule has 3 aliphatic rings. The molecule has 0 aromatic carbocycles. The molecule has 0 bridgehead atoms. The van der Waals surface area contributed by atoms with Gasteiger partial charge < -0.3 is 15.3 Å². The molecule has 0 spiro atoms. The fourth-order valence-electron chi connectivity index (χ4n) is 6.25. The number of rotatable bonds is 5. The highest BCUT2D eigenvalue weighted by molar-refractivity contribution is 5.38. The molecule has 0 unspecified atom stereocenters. The van der Waals surface area contributed by atoms with Crippen LogP contribution < -0.4 is 0 Å². The maximum absolute atomic E-state index is 10.1. The number of aliphatic hydroxyl groups excluding tert-OH is 3. The van der Waals surface area contributed by atoms with E-state index in [-0.39, 0.29) is 12.0 Å². The Labute approximate surface area is 183 Å². The van der Waals surface area contributed by atoms with Gasteiger partial charge in [0.25, 0.3) is 0 Å². The van der Waals surface area contributed by atoms with Crippen LogP contribution in [-0.4, -0.2) is 33.6 Å². The summed E-state index contributed by atoms with van der Waals surface area (Å²) in [6, 6.07) is 0. The van der Waals surface area contributed by atoms with E-state index in [0.717, 1.165) is 17.6 Å². The summed E-state index contributed by atoms with van der Waals surface area (Å²) in [6.45, 7) is 12.8. The first kappa shape index (κ1) is 23.5. The largest absolute Gasteiger partial charge is 0.393 e. The lowest BCUT2D eigenvalue weighted by atomic mass is 9.61. The Morgan fingerprint density at radius 3 is 2.53 bits per heavy atom. The van der Waals surface area contributed by atoms with E-state index in [1.165, 1.54) is 31.3 Å². The van der Waals surface area contributed by atoms with Crippen LogP contribution in [0.1, 0.15) is 72.6 Å². The van der Waals surface area contributed by atoms with Gasteiger partial charge in [0.2, 0.25) is 0 Å². The molecule has 0 amide bonds. The molecule has 3 heteroatoms. The van der Waals surface area contributed by atoms with E-state index < -0.39 is 12.2 Å². The third kappa shape index (κ3) is 4.84. The summed E-state index contributed by atoms with van der Waals surface area (Å²) in [5, 5.41) is 29.9. The van der Waals surface area contributed by atoms with Gasteiger partial charge in [-0.1, -0.05) is 57.2 Å². The number of hydrogen-bond acceptors (Lipinski definition) is 3. The summed E-state index contributed by atoms with van der Waals surface area (Å²) in [6.07, 6.45) is 14.7. The Balaban J connectivity index is 1.76. The van der Waals surface area contributed by atoms with Gasteiger partial charge in [0.05, 0.1) is 18.3 Å². The first-order valence-electron chi connectivity index (χ1n) is 11.9. The molecule has 3 rings (SSSR count). The monoisotopic (exact) mass is 414 g/mol. The summed E-state index contributed by atoms with van der Waals surface area (Å²) >= 11 is 0. The molecule has 0 aromatic rings. The molecule has 0 aromatic heterocycles. The normalized spacial score (nSPS) is 40.7. The number of hydrogen-bond donors (Lipinski definition) is 3. The van der Waals surface area contributed by atoms with Crippen LogP contribution in [0, 0.1) is 29.1 Å². The molecule has 0 aliphatic heterocycles. The Bertz CT molecular complexity index is 716. The van der Waals surface area contributed by atoms with Gasteiger partial charge in [-0.3, -0.25) is 0 Å². The van der Waals surface area contributed by atoms with Crippen molar-refractivity contribution in [2.45, 2.75) is 91.0 Å². The topological polar surface area (TPSA) is 60.7 Å². The van der Waals surface area contributed by atoms with Crippen molar-refractivity contribution in [2.75, 3.05) is 0 Å². The molecular formula is C27H42O3. The lowest BCUT2D eigenvalue weighted by Gasteiger charge is -2.44. The van der Waals surface area contributed by atoms with Gasteiger partial charge in [-0.05, 0) is 85.7 Å². The second-order valence-electron chi connectivity index (χ2n) is 10.5. The third-order valence-electron chi connectivity index (χ3n) is 8.42. The molecule has 0 radical (unpaired) electrons. The molecule has 0 heterocycles. The minimum absolute atomic E-state index is 0.195. The van der Waals surface area contributed by atoms with Crippen molar-refractivity contribution >= 4 is 0 Å². The molecule has 3 aliphatic carbocycles. The van der Waals surface area contributed by atoms with Crippen LogP contribution in [0.2, 0.25) is 0 Å². The van der Waals surface area contributed by atoms with Gasteiger partial charge in [-0.2, -0.15) is 0 Å². The van der Waals surface area contributed by atoms with Crippen molar-refractivity contribution in [2.24, 2.45) is 29.1 Å². The van der Waals surface area contributed by atoms with Crippen LogP contribution in [-0.2, 0) is 0 Å². The Kier molecular flexibility index (Phi) is 7.48. The van der Waals surface area contributed by atoms with Crippen LogP contribution in [0.5, 0.6) is 0 Å². The quantitative estimate of drug-likeness (QED) is 0.532. The van der Waals surface area contributed by atoms with Gasteiger partial charge in [0.15, 0.2) is 0 Å². The number of aliphatic hydroxyl groups is 3. The summed E-state index contributed by atoms with van der Waals surface area (Å²) in [5.74, 6) is 2.00. The summed E-state index contributed by atoms with van der Waals surface area (Å²) in [7, 11) is 0. The Morgan fingerprint density at radius 1 is 1.10 bits per heavy atom. The smallest absolute Gasteiger partial charge is 0.0811 e. The van der Waals surface area contributed by atoms with Crippen molar-refractivity contribution in [1.29, 1.82) is 0 Å². The maximum Gasteiger partial charge on any atom is 0.0811 e. The highest BCUT2D eigenvalue weighted by Crippen LogP contribution is 2.59. The van der Waals surface area contributed by atoms with E-state index >= 15 is 0 Å². The second kappa shape index (κ2) is 9.54. The van der Waals surface area contributed by atoms with Crippen molar-refractivity contribution in [3.05, 3.63) is 47.6 Å². The molecule has 3 saturated carbocycles. The lowest BCUT2D eigenvalue weighted by molar-refractivity contribution is 0.0862. The first-order valence-corrected chi connectivity index (χ1v) is 11.9. The average molecular weight is 415 g/mol. The lowest BCUT2D eigenvalue weighted by Crippen LogP contribution is -2.35. The third-order valence-corrected chi connectivity index (χ3v) is 8.42. The molecular weight excluding hydrogens is 372 g/mol. The minimum atomic E-state index is -0.623. The van der Waals surface area contributed by atoms with E-state index in [2.05, 4.69) is 51.7 Å². The summed E-state index contributed by atoms with van der Waals surface area (Å²) in [5.41, 5.74) is 3.63. The molecule has 8 atom stereocenters.